The van der Waals surface area contributed by atoms with Gasteiger partial charge in [-0.05, 0) is 114 Å². The van der Waals surface area contributed by atoms with Gasteiger partial charge in [-0.25, -0.2) is 4.98 Å². The van der Waals surface area contributed by atoms with E-state index in [9.17, 15) is 14.4 Å². The van der Waals surface area contributed by atoms with Gasteiger partial charge in [-0.3, -0.25) is 14.4 Å². The van der Waals surface area contributed by atoms with Gasteiger partial charge >= 0.3 is 0 Å². The molecule has 5 heterocycles. The fourth-order valence-corrected chi connectivity index (χ4v) is 9.33. The molecule has 6 atom stereocenters. The lowest BCUT2D eigenvalue weighted by atomic mass is 10.0. The quantitative estimate of drug-likeness (QED) is 0.112. The number of carbonyl (C=O) groups excluding carboxylic acids is 3. The molecule has 312 valence electrons. The highest BCUT2D eigenvalue weighted by Gasteiger charge is 2.34. The van der Waals surface area contributed by atoms with Crippen LogP contribution in [0.15, 0.2) is 45.4 Å². The zero-order chi connectivity index (χ0) is 41.4. The normalized spacial score (nSPS) is 24.0. The number of hydrogen-bond donors (Lipinski definition) is 4. The first kappa shape index (κ1) is 40.2. The Morgan fingerprint density at radius 1 is 0.763 bits per heavy atom. The van der Waals surface area contributed by atoms with Crippen LogP contribution in [-0.2, 0) is 23.9 Å². The second-order valence-corrected chi connectivity index (χ2v) is 16.3. The van der Waals surface area contributed by atoms with E-state index in [0.29, 0.717) is 31.0 Å². The van der Waals surface area contributed by atoms with Crippen molar-refractivity contribution in [2.75, 3.05) is 24.9 Å². The lowest BCUT2D eigenvalue weighted by Gasteiger charge is -2.20. The number of amides is 3. The minimum atomic E-state index is -0.502. The summed E-state index contributed by atoms with van der Waals surface area (Å²) in [5.41, 5.74) is 9.19. The van der Waals surface area contributed by atoms with Crippen LogP contribution < -0.4 is 21.3 Å². The third-order valence-electron chi connectivity index (χ3n) is 12.4. The average molecular weight is 807 g/mol. The fourth-order valence-electron chi connectivity index (χ4n) is 9.33. The summed E-state index contributed by atoms with van der Waals surface area (Å²) in [4.78, 5) is 41.2. The van der Waals surface area contributed by atoms with Gasteiger partial charge in [-0.15, -0.1) is 0 Å². The van der Waals surface area contributed by atoms with E-state index < -0.39 is 6.04 Å². The molecular weight excluding hydrogens is 753 g/mol. The van der Waals surface area contributed by atoms with Crippen molar-refractivity contribution in [2.45, 2.75) is 128 Å². The molecule has 2 saturated carbocycles. The van der Waals surface area contributed by atoms with Crippen molar-refractivity contribution in [2.24, 2.45) is 0 Å². The summed E-state index contributed by atoms with van der Waals surface area (Å²) in [6.07, 6.45) is 8.81. The van der Waals surface area contributed by atoms with Crippen molar-refractivity contribution in [3.63, 3.8) is 0 Å². The maximum absolute atomic E-state index is 12.8. The largest absolute Gasteiger partial charge is 0.381 e. The van der Waals surface area contributed by atoms with E-state index in [1.54, 1.807) is 14.2 Å². The number of rotatable bonds is 10. The number of methoxy groups -OCH3 is 2. The number of imidazole rings is 1. The molecule has 2 aliphatic carbocycles. The molecule has 2 aliphatic heterocycles. The van der Waals surface area contributed by atoms with Gasteiger partial charge in [0, 0.05) is 50.3 Å². The number of aryl methyl sites for hydroxylation is 4. The number of nitrogens with one attached hydrogen (secondary N) is 4. The molecule has 0 bridgehead atoms. The van der Waals surface area contributed by atoms with Crippen LogP contribution in [0.1, 0.15) is 105 Å². The van der Waals surface area contributed by atoms with Crippen LogP contribution in [0, 0.1) is 27.7 Å². The number of fused-ring (bicyclic) bond motifs is 1. The van der Waals surface area contributed by atoms with E-state index in [2.05, 4.69) is 54.3 Å². The van der Waals surface area contributed by atoms with E-state index in [1.165, 1.54) is 0 Å². The molecule has 15 heteroatoms. The van der Waals surface area contributed by atoms with E-state index in [0.717, 1.165) is 113 Å². The Labute approximate surface area is 343 Å². The number of benzene rings is 2. The molecule has 15 nitrogen and oxygen atoms in total. The van der Waals surface area contributed by atoms with Gasteiger partial charge in [0.05, 0.1) is 52.0 Å². The van der Waals surface area contributed by atoms with Crippen LogP contribution in [-0.4, -0.2) is 76.1 Å². The average Bonchev–Trinajstić information content (AvgIpc) is 4.09. The lowest BCUT2D eigenvalue weighted by Crippen LogP contribution is -2.37. The Hall–Kier alpha value is -5.54. The zero-order valence-electron chi connectivity index (χ0n) is 34.6. The predicted octanol–water partition coefficient (Wildman–Crippen LogP) is 7.15. The zero-order valence-corrected chi connectivity index (χ0v) is 34.6. The molecule has 2 saturated heterocycles. The Morgan fingerprint density at radius 3 is 2.00 bits per heavy atom. The molecule has 5 aromatic rings. The molecule has 0 radical (unpaired) electrons. The number of hydrogen-bond acceptors (Lipinski definition) is 11. The second-order valence-electron chi connectivity index (χ2n) is 16.3. The SMILES string of the molecule is CO[C@@H]1CC[C@@H](Nc2ccc(-c3c(C)noc3C)cc2NC(=O)[C@@H]2CCC(=O)N2)C1.CO[C@@H]1CC[C@@H](n2c([C@@H]3CCC(=O)N3)nc3cc(-c4c(C)noc4C)ccc32)C1. The van der Waals surface area contributed by atoms with Crippen molar-refractivity contribution in [1.82, 2.24) is 30.5 Å². The molecular formula is C44H54N8O7. The molecule has 0 spiro atoms. The number of anilines is 2. The summed E-state index contributed by atoms with van der Waals surface area (Å²) in [7, 11) is 3.53. The van der Waals surface area contributed by atoms with Crippen LogP contribution in [0.5, 0.6) is 0 Å². The number of ether oxygens (including phenoxy) is 2. The second kappa shape index (κ2) is 17.0. The van der Waals surface area contributed by atoms with E-state index >= 15 is 0 Å². The molecule has 59 heavy (non-hydrogen) atoms. The Balaban J connectivity index is 0.000000164. The standard InChI is InChI=1S/C22H28N4O4.C22H26N4O3/c1-12-21(13(2)30-26-12)14-4-7-17(23-15-5-6-16(11-15)29-3)19(10-14)25-22(28)18-8-9-20(27)24-18;1-12-21(13(2)29-25-12)14-4-8-19-18(10-14)24-22(17-7-9-20(27)23-17)26(19)15-5-6-16(11-15)28-3/h4,7,10,15-16,18,23H,5-6,8-9,11H2,1-3H3,(H,24,27)(H,25,28);4,8,10,15-17H,5-7,9,11H2,1-3H3,(H,23,27)/t15-,16-,18+;15-,16-,17+/m11/s1. The highest BCUT2D eigenvalue weighted by Crippen LogP contribution is 2.40. The Morgan fingerprint density at radius 2 is 1.41 bits per heavy atom. The number of nitrogens with zero attached hydrogens (tertiary/aromatic N) is 4. The van der Waals surface area contributed by atoms with E-state index in [-0.39, 0.29) is 42.0 Å². The third kappa shape index (κ3) is 8.35. The fraction of sp³-hybridized carbons (Fsp3) is 0.500. The lowest BCUT2D eigenvalue weighted by molar-refractivity contribution is -0.122. The van der Waals surface area contributed by atoms with Crippen molar-refractivity contribution in [3.8, 4) is 22.3 Å². The summed E-state index contributed by atoms with van der Waals surface area (Å²) in [5, 5.41) is 20.5. The molecule has 3 aromatic heterocycles. The van der Waals surface area contributed by atoms with Crippen LogP contribution in [0.25, 0.3) is 33.3 Å². The summed E-state index contributed by atoms with van der Waals surface area (Å²) in [6.45, 7) is 7.66. The van der Waals surface area contributed by atoms with Crippen LogP contribution in [0.2, 0.25) is 0 Å². The molecule has 2 aromatic carbocycles. The minimum Gasteiger partial charge on any atom is -0.381 e. The van der Waals surface area contributed by atoms with Gasteiger partial charge in [-0.1, -0.05) is 22.4 Å². The molecule has 4 aliphatic rings. The monoisotopic (exact) mass is 806 g/mol. The van der Waals surface area contributed by atoms with Gasteiger partial charge in [0.2, 0.25) is 17.7 Å². The Bertz CT molecular complexity index is 2320. The topological polar surface area (TPSA) is 188 Å². The third-order valence-corrected chi connectivity index (χ3v) is 12.4. The first-order valence-electron chi connectivity index (χ1n) is 20.7. The summed E-state index contributed by atoms with van der Waals surface area (Å²) < 4.78 is 24.1. The van der Waals surface area contributed by atoms with Gasteiger partial charge < -0.3 is 44.4 Å². The van der Waals surface area contributed by atoms with Gasteiger partial charge in [0.15, 0.2) is 0 Å². The first-order chi connectivity index (χ1) is 28.5. The molecule has 0 unspecified atom stereocenters. The first-order valence-corrected chi connectivity index (χ1v) is 20.7. The summed E-state index contributed by atoms with van der Waals surface area (Å²) in [5.74, 6) is 2.31. The van der Waals surface area contributed by atoms with E-state index in [1.807, 2.05) is 45.9 Å². The molecule has 3 amide bonds. The van der Waals surface area contributed by atoms with E-state index in [4.69, 9.17) is 23.5 Å². The van der Waals surface area contributed by atoms with Gasteiger partial charge in [-0.2, -0.15) is 0 Å². The van der Waals surface area contributed by atoms with Crippen molar-refractivity contribution in [1.29, 1.82) is 0 Å². The van der Waals surface area contributed by atoms with Crippen LogP contribution in [0.3, 0.4) is 0 Å². The van der Waals surface area contributed by atoms with Crippen molar-refractivity contribution >= 4 is 40.1 Å². The summed E-state index contributed by atoms with van der Waals surface area (Å²) in [6, 6.07) is 12.4. The minimum absolute atomic E-state index is 0.0287. The number of aromatic nitrogens is 4. The maximum atomic E-state index is 12.8. The number of carbonyl (C=O) groups is 3. The molecule has 4 N–H and O–H groups in total. The highest BCUT2D eigenvalue weighted by atomic mass is 16.5. The van der Waals surface area contributed by atoms with Crippen LogP contribution >= 0.6 is 0 Å². The van der Waals surface area contributed by atoms with Gasteiger partial charge in [0.25, 0.3) is 0 Å². The summed E-state index contributed by atoms with van der Waals surface area (Å²) >= 11 is 0. The molecule has 9 rings (SSSR count). The predicted molar refractivity (Wildman–Crippen MR) is 222 cm³/mol. The van der Waals surface area contributed by atoms with Crippen LogP contribution in [0.4, 0.5) is 11.4 Å². The van der Waals surface area contributed by atoms with Crippen molar-refractivity contribution in [3.05, 3.63) is 65.1 Å². The van der Waals surface area contributed by atoms with Crippen molar-refractivity contribution < 1.29 is 32.9 Å². The molecule has 4 fully saturated rings. The highest BCUT2D eigenvalue weighted by molar-refractivity contribution is 6.01. The maximum Gasteiger partial charge on any atom is 0.247 e. The smallest absolute Gasteiger partial charge is 0.247 e. The van der Waals surface area contributed by atoms with Gasteiger partial charge in [0.1, 0.15) is 23.4 Å². The Kier molecular flexibility index (Phi) is 11.6.